The highest BCUT2D eigenvalue weighted by Gasteiger charge is 2.26. The van der Waals surface area contributed by atoms with Crippen LogP contribution in [-0.4, -0.2) is 22.4 Å². The molecule has 0 aromatic heterocycles. The Morgan fingerprint density at radius 3 is 1.67 bits per heavy atom. The molecule has 2 N–H and O–H groups in total. The van der Waals surface area contributed by atoms with E-state index in [0.29, 0.717) is 11.8 Å². The van der Waals surface area contributed by atoms with Crippen LogP contribution < -0.4 is 0 Å². The molecule has 2 nitrogen and oxygen atoms in total. The summed E-state index contributed by atoms with van der Waals surface area (Å²) in [7, 11) is 0. The highest BCUT2D eigenvalue weighted by molar-refractivity contribution is 4.77. The molecule has 15 heavy (non-hydrogen) atoms. The summed E-state index contributed by atoms with van der Waals surface area (Å²) in [6.45, 7) is 8.56. The van der Waals surface area contributed by atoms with Crippen molar-refractivity contribution in [1.29, 1.82) is 0 Å². The van der Waals surface area contributed by atoms with Gasteiger partial charge in [0.1, 0.15) is 0 Å². The van der Waals surface area contributed by atoms with E-state index in [2.05, 4.69) is 20.8 Å². The first-order valence-electron chi connectivity index (χ1n) is 6.41. The van der Waals surface area contributed by atoms with E-state index in [1.807, 2.05) is 6.92 Å². The highest BCUT2D eigenvalue weighted by atomic mass is 16.3. The number of rotatable bonds is 8. The highest BCUT2D eigenvalue weighted by Crippen LogP contribution is 2.36. The topological polar surface area (TPSA) is 40.5 Å². The minimum absolute atomic E-state index is 0.369. The van der Waals surface area contributed by atoms with Crippen LogP contribution in [0.3, 0.4) is 0 Å². The van der Waals surface area contributed by atoms with E-state index in [0.717, 1.165) is 32.1 Å². The second kappa shape index (κ2) is 7.24. The van der Waals surface area contributed by atoms with Gasteiger partial charge in [0.05, 0.1) is 12.2 Å². The third-order valence-electron chi connectivity index (χ3n) is 4.08. The Hall–Kier alpha value is -0.0800. The van der Waals surface area contributed by atoms with Crippen LogP contribution in [0.2, 0.25) is 0 Å². The molecule has 0 aliphatic rings. The van der Waals surface area contributed by atoms with Crippen LogP contribution in [0.5, 0.6) is 0 Å². The van der Waals surface area contributed by atoms with E-state index in [-0.39, 0.29) is 0 Å². The van der Waals surface area contributed by atoms with Crippen molar-refractivity contribution >= 4 is 0 Å². The van der Waals surface area contributed by atoms with Gasteiger partial charge in [-0.3, -0.25) is 0 Å². The molecule has 0 saturated carbocycles. The smallest absolute Gasteiger partial charge is 0.0799 e. The molecule has 0 aromatic carbocycles. The molecule has 2 unspecified atom stereocenters. The zero-order valence-corrected chi connectivity index (χ0v) is 10.8. The van der Waals surface area contributed by atoms with E-state index >= 15 is 0 Å². The van der Waals surface area contributed by atoms with E-state index in [9.17, 15) is 10.2 Å². The molecule has 92 valence electrons. The van der Waals surface area contributed by atoms with E-state index in [4.69, 9.17) is 0 Å². The standard InChI is InChI=1S/C13H28O2/c1-5-11(14)12(15)9-10-13(6-2,7-3)8-4/h11-12,14-15H,5-10H2,1-4H3. The van der Waals surface area contributed by atoms with Crippen LogP contribution >= 0.6 is 0 Å². The third kappa shape index (κ3) is 4.52. The van der Waals surface area contributed by atoms with Crippen LogP contribution in [0.15, 0.2) is 0 Å². The monoisotopic (exact) mass is 216 g/mol. The Morgan fingerprint density at radius 1 is 0.867 bits per heavy atom. The van der Waals surface area contributed by atoms with Crippen molar-refractivity contribution in [3.8, 4) is 0 Å². The van der Waals surface area contributed by atoms with Crippen molar-refractivity contribution in [3.63, 3.8) is 0 Å². The van der Waals surface area contributed by atoms with Gasteiger partial charge in [0.25, 0.3) is 0 Å². The first-order valence-corrected chi connectivity index (χ1v) is 6.41. The van der Waals surface area contributed by atoms with E-state index < -0.39 is 12.2 Å². The second-order valence-corrected chi connectivity index (χ2v) is 4.64. The fourth-order valence-electron chi connectivity index (χ4n) is 2.20. The van der Waals surface area contributed by atoms with Crippen LogP contribution in [0.4, 0.5) is 0 Å². The first-order chi connectivity index (χ1) is 7.05. The lowest BCUT2D eigenvalue weighted by Crippen LogP contribution is -2.28. The zero-order chi connectivity index (χ0) is 11.9. The molecule has 2 heteroatoms. The van der Waals surface area contributed by atoms with Gasteiger partial charge >= 0.3 is 0 Å². The van der Waals surface area contributed by atoms with Gasteiger partial charge in [-0.15, -0.1) is 0 Å². The van der Waals surface area contributed by atoms with Crippen molar-refractivity contribution in [2.45, 2.75) is 78.4 Å². The second-order valence-electron chi connectivity index (χ2n) is 4.64. The largest absolute Gasteiger partial charge is 0.390 e. The molecule has 0 saturated heterocycles. The molecular formula is C13H28O2. The maximum Gasteiger partial charge on any atom is 0.0799 e. The lowest BCUT2D eigenvalue weighted by molar-refractivity contribution is 0.00317. The molecule has 0 heterocycles. The summed E-state index contributed by atoms with van der Waals surface area (Å²) >= 11 is 0. The zero-order valence-electron chi connectivity index (χ0n) is 10.8. The SMILES string of the molecule is CCC(O)C(O)CCC(CC)(CC)CC. The molecule has 2 atom stereocenters. The van der Waals surface area contributed by atoms with Crippen molar-refractivity contribution < 1.29 is 10.2 Å². The normalized spacial score (nSPS) is 16.4. The van der Waals surface area contributed by atoms with Crippen molar-refractivity contribution in [2.75, 3.05) is 0 Å². The lowest BCUT2D eigenvalue weighted by atomic mass is 9.75. The lowest BCUT2D eigenvalue weighted by Gasteiger charge is -2.32. The average Bonchev–Trinajstić information content (AvgIpc) is 2.30. The molecule has 0 bridgehead atoms. The van der Waals surface area contributed by atoms with Gasteiger partial charge in [-0.2, -0.15) is 0 Å². The summed E-state index contributed by atoms with van der Waals surface area (Å²) in [6.07, 6.45) is 4.78. The van der Waals surface area contributed by atoms with Gasteiger partial charge in [0.2, 0.25) is 0 Å². The molecule has 0 aromatic rings. The Morgan fingerprint density at radius 2 is 1.33 bits per heavy atom. The summed E-state index contributed by atoms with van der Waals surface area (Å²) < 4.78 is 0. The molecule has 0 amide bonds. The van der Waals surface area contributed by atoms with Crippen LogP contribution in [-0.2, 0) is 0 Å². The van der Waals surface area contributed by atoms with Crippen molar-refractivity contribution in [2.24, 2.45) is 5.41 Å². The van der Waals surface area contributed by atoms with Gasteiger partial charge in [-0.1, -0.05) is 47.0 Å². The van der Waals surface area contributed by atoms with Crippen molar-refractivity contribution in [3.05, 3.63) is 0 Å². The third-order valence-corrected chi connectivity index (χ3v) is 4.08. The molecule has 0 spiro atoms. The van der Waals surface area contributed by atoms with Crippen LogP contribution in [0.1, 0.15) is 66.2 Å². The van der Waals surface area contributed by atoms with E-state index in [1.165, 1.54) is 0 Å². The maximum atomic E-state index is 9.72. The predicted molar refractivity (Wildman–Crippen MR) is 64.8 cm³/mol. The summed E-state index contributed by atoms with van der Waals surface area (Å²) in [6, 6.07) is 0. The molecule has 0 aliphatic carbocycles. The van der Waals surface area contributed by atoms with Gasteiger partial charge in [-0.05, 0) is 24.7 Å². The summed E-state index contributed by atoms with van der Waals surface area (Å²) in [4.78, 5) is 0. The predicted octanol–water partition coefficient (Wildman–Crippen LogP) is 3.11. The molecule has 0 radical (unpaired) electrons. The average molecular weight is 216 g/mol. The van der Waals surface area contributed by atoms with Crippen LogP contribution in [0, 0.1) is 5.41 Å². The summed E-state index contributed by atoms with van der Waals surface area (Å²) in [5, 5.41) is 19.2. The molecule has 0 rings (SSSR count). The maximum absolute atomic E-state index is 9.72. The van der Waals surface area contributed by atoms with Crippen molar-refractivity contribution in [1.82, 2.24) is 0 Å². The molecule has 0 aliphatic heterocycles. The van der Waals surface area contributed by atoms with Crippen LogP contribution in [0.25, 0.3) is 0 Å². The van der Waals surface area contributed by atoms with Gasteiger partial charge < -0.3 is 10.2 Å². The minimum Gasteiger partial charge on any atom is -0.390 e. The molecule has 0 fully saturated rings. The number of hydrogen-bond donors (Lipinski definition) is 2. The summed E-state index contributed by atoms with van der Waals surface area (Å²) in [5.41, 5.74) is 0.369. The number of hydrogen-bond acceptors (Lipinski definition) is 2. The fourth-order valence-corrected chi connectivity index (χ4v) is 2.20. The first kappa shape index (κ1) is 14.9. The minimum atomic E-state index is -0.548. The Balaban J connectivity index is 4.10. The van der Waals surface area contributed by atoms with Gasteiger partial charge in [0, 0.05) is 0 Å². The number of aliphatic hydroxyl groups excluding tert-OH is 2. The summed E-state index contributed by atoms with van der Waals surface area (Å²) in [5.74, 6) is 0. The van der Waals surface area contributed by atoms with Gasteiger partial charge in [0.15, 0.2) is 0 Å². The molecular weight excluding hydrogens is 188 g/mol. The van der Waals surface area contributed by atoms with Gasteiger partial charge in [-0.25, -0.2) is 0 Å². The number of aliphatic hydroxyl groups is 2. The van der Waals surface area contributed by atoms with E-state index in [1.54, 1.807) is 0 Å². The quantitative estimate of drug-likeness (QED) is 0.654. The Labute approximate surface area is 94.7 Å². The fraction of sp³-hybridized carbons (Fsp3) is 1.00. The Kier molecular flexibility index (Phi) is 7.20. The Bertz CT molecular complexity index is 144.